The SMILES string of the molecule is Cc1cccc(N)c1Nc1ccn(C)n1. The van der Waals surface area contributed by atoms with Gasteiger partial charge in [-0.2, -0.15) is 5.10 Å². The molecule has 2 aromatic rings. The highest BCUT2D eigenvalue weighted by Crippen LogP contribution is 2.25. The van der Waals surface area contributed by atoms with E-state index in [1.807, 2.05) is 44.4 Å². The number of aryl methyl sites for hydroxylation is 2. The van der Waals surface area contributed by atoms with Crippen molar-refractivity contribution >= 4 is 17.2 Å². The molecule has 0 aliphatic carbocycles. The van der Waals surface area contributed by atoms with Gasteiger partial charge in [0.25, 0.3) is 0 Å². The molecular weight excluding hydrogens is 188 g/mol. The first kappa shape index (κ1) is 9.58. The van der Waals surface area contributed by atoms with Crippen LogP contribution >= 0.6 is 0 Å². The molecule has 0 bridgehead atoms. The Hall–Kier alpha value is -1.97. The van der Waals surface area contributed by atoms with Crippen LogP contribution in [0.3, 0.4) is 0 Å². The van der Waals surface area contributed by atoms with Crippen LogP contribution in [0.15, 0.2) is 30.5 Å². The van der Waals surface area contributed by atoms with Gasteiger partial charge in [-0.1, -0.05) is 12.1 Å². The summed E-state index contributed by atoms with van der Waals surface area (Å²) >= 11 is 0. The highest BCUT2D eigenvalue weighted by atomic mass is 15.3. The lowest BCUT2D eigenvalue weighted by atomic mass is 10.1. The van der Waals surface area contributed by atoms with Crippen molar-refractivity contribution in [2.24, 2.45) is 7.05 Å². The van der Waals surface area contributed by atoms with Crippen LogP contribution in [-0.2, 0) is 7.05 Å². The van der Waals surface area contributed by atoms with E-state index in [-0.39, 0.29) is 0 Å². The lowest BCUT2D eigenvalue weighted by Gasteiger charge is -2.09. The van der Waals surface area contributed by atoms with Gasteiger partial charge in [-0.3, -0.25) is 4.68 Å². The molecule has 1 aromatic carbocycles. The van der Waals surface area contributed by atoms with E-state index in [2.05, 4.69) is 10.4 Å². The normalized spacial score (nSPS) is 10.3. The first-order chi connectivity index (χ1) is 7.16. The lowest BCUT2D eigenvalue weighted by Crippen LogP contribution is -1.99. The number of hydrogen-bond acceptors (Lipinski definition) is 3. The summed E-state index contributed by atoms with van der Waals surface area (Å²) in [4.78, 5) is 0. The van der Waals surface area contributed by atoms with Crippen LogP contribution in [0.4, 0.5) is 17.2 Å². The third-order valence-corrected chi connectivity index (χ3v) is 2.27. The molecule has 1 heterocycles. The topological polar surface area (TPSA) is 55.9 Å². The summed E-state index contributed by atoms with van der Waals surface area (Å²) in [6.07, 6.45) is 1.89. The molecule has 0 spiro atoms. The summed E-state index contributed by atoms with van der Waals surface area (Å²) in [6.45, 7) is 2.02. The number of benzene rings is 1. The van der Waals surface area contributed by atoms with Crippen LogP contribution in [-0.4, -0.2) is 9.78 Å². The fraction of sp³-hybridized carbons (Fsp3) is 0.182. The van der Waals surface area contributed by atoms with Gasteiger partial charge in [0.15, 0.2) is 5.82 Å². The van der Waals surface area contributed by atoms with Crippen molar-refractivity contribution in [3.05, 3.63) is 36.0 Å². The molecule has 0 aliphatic heterocycles. The second-order valence-corrected chi connectivity index (χ2v) is 3.54. The molecule has 0 unspecified atom stereocenters. The van der Waals surface area contributed by atoms with E-state index in [4.69, 9.17) is 5.73 Å². The standard InChI is InChI=1S/C11H14N4/c1-8-4-3-5-9(12)11(8)13-10-6-7-15(2)14-10/h3-7H,12H2,1-2H3,(H,13,14). The first-order valence-electron chi connectivity index (χ1n) is 4.78. The van der Waals surface area contributed by atoms with Crippen LogP contribution in [0.5, 0.6) is 0 Å². The van der Waals surface area contributed by atoms with E-state index in [9.17, 15) is 0 Å². The molecular formula is C11H14N4. The van der Waals surface area contributed by atoms with Crippen molar-refractivity contribution in [2.45, 2.75) is 6.92 Å². The van der Waals surface area contributed by atoms with Crippen molar-refractivity contribution in [1.82, 2.24) is 9.78 Å². The molecule has 0 aliphatic rings. The van der Waals surface area contributed by atoms with Gasteiger partial charge in [0, 0.05) is 19.3 Å². The van der Waals surface area contributed by atoms with Crippen LogP contribution in [0.25, 0.3) is 0 Å². The van der Waals surface area contributed by atoms with Crippen molar-refractivity contribution < 1.29 is 0 Å². The van der Waals surface area contributed by atoms with E-state index >= 15 is 0 Å². The maximum Gasteiger partial charge on any atom is 0.152 e. The maximum absolute atomic E-state index is 5.88. The molecule has 0 atom stereocenters. The third-order valence-electron chi connectivity index (χ3n) is 2.27. The molecule has 4 nitrogen and oxygen atoms in total. The zero-order valence-corrected chi connectivity index (χ0v) is 8.86. The zero-order chi connectivity index (χ0) is 10.8. The van der Waals surface area contributed by atoms with E-state index in [0.29, 0.717) is 0 Å². The van der Waals surface area contributed by atoms with E-state index in [0.717, 1.165) is 22.8 Å². The average Bonchev–Trinajstić information content (AvgIpc) is 2.58. The molecule has 78 valence electrons. The van der Waals surface area contributed by atoms with Crippen LogP contribution < -0.4 is 11.1 Å². The zero-order valence-electron chi connectivity index (χ0n) is 8.86. The van der Waals surface area contributed by atoms with Crippen molar-refractivity contribution in [1.29, 1.82) is 0 Å². The Balaban J connectivity index is 2.31. The monoisotopic (exact) mass is 202 g/mol. The number of nitrogen functional groups attached to an aromatic ring is 1. The highest BCUT2D eigenvalue weighted by molar-refractivity contribution is 5.74. The molecule has 3 N–H and O–H groups in total. The second kappa shape index (κ2) is 3.65. The smallest absolute Gasteiger partial charge is 0.152 e. The summed E-state index contributed by atoms with van der Waals surface area (Å²) in [5.41, 5.74) is 8.65. The fourth-order valence-corrected chi connectivity index (χ4v) is 1.47. The van der Waals surface area contributed by atoms with Gasteiger partial charge in [-0.05, 0) is 18.6 Å². The van der Waals surface area contributed by atoms with Gasteiger partial charge >= 0.3 is 0 Å². The minimum atomic E-state index is 0.737. The van der Waals surface area contributed by atoms with Gasteiger partial charge in [0.05, 0.1) is 11.4 Å². The van der Waals surface area contributed by atoms with E-state index in [1.165, 1.54) is 0 Å². The van der Waals surface area contributed by atoms with Crippen molar-refractivity contribution in [3.8, 4) is 0 Å². The molecule has 2 rings (SSSR count). The average molecular weight is 202 g/mol. The Morgan fingerprint density at radius 1 is 1.33 bits per heavy atom. The molecule has 15 heavy (non-hydrogen) atoms. The Morgan fingerprint density at radius 3 is 2.73 bits per heavy atom. The molecule has 0 radical (unpaired) electrons. The number of nitrogens with one attached hydrogen (secondary N) is 1. The number of rotatable bonds is 2. The van der Waals surface area contributed by atoms with Crippen molar-refractivity contribution in [2.75, 3.05) is 11.1 Å². The molecule has 0 amide bonds. The summed E-state index contributed by atoms with van der Waals surface area (Å²) in [5.74, 6) is 0.804. The predicted molar refractivity (Wildman–Crippen MR) is 62.1 cm³/mol. The number of anilines is 3. The summed E-state index contributed by atoms with van der Waals surface area (Å²) in [6, 6.07) is 7.74. The summed E-state index contributed by atoms with van der Waals surface area (Å²) in [7, 11) is 1.88. The number of hydrogen-bond donors (Lipinski definition) is 2. The van der Waals surface area contributed by atoms with Gasteiger partial charge in [-0.15, -0.1) is 0 Å². The van der Waals surface area contributed by atoms with Crippen LogP contribution in [0.2, 0.25) is 0 Å². The summed E-state index contributed by atoms with van der Waals surface area (Å²) in [5, 5.41) is 7.44. The Kier molecular flexibility index (Phi) is 2.33. The number of nitrogens with zero attached hydrogens (tertiary/aromatic N) is 2. The Labute approximate surface area is 88.7 Å². The summed E-state index contributed by atoms with van der Waals surface area (Å²) < 4.78 is 1.75. The second-order valence-electron chi connectivity index (χ2n) is 3.54. The van der Waals surface area contributed by atoms with E-state index in [1.54, 1.807) is 4.68 Å². The van der Waals surface area contributed by atoms with Crippen LogP contribution in [0.1, 0.15) is 5.56 Å². The molecule has 1 aromatic heterocycles. The largest absolute Gasteiger partial charge is 0.397 e. The predicted octanol–water partition coefficient (Wildman–Crippen LogP) is 2.05. The lowest BCUT2D eigenvalue weighted by molar-refractivity contribution is 0.771. The van der Waals surface area contributed by atoms with Gasteiger partial charge in [0.1, 0.15) is 0 Å². The molecule has 4 heteroatoms. The minimum absolute atomic E-state index is 0.737. The maximum atomic E-state index is 5.88. The molecule has 0 saturated heterocycles. The number of para-hydroxylation sites is 1. The quantitative estimate of drug-likeness (QED) is 0.733. The van der Waals surface area contributed by atoms with Crippen molar-refractivity contribution in [3.63, 3.8) is 0 Å². The van der Waals surface area contributed by atoms with Gasteiger partial charge in [-0.25, -0.2) is 0 Å². The molecule has 0 fully saturated rings. The van der Waals surface area contributed by atoms with E-state index < -0.39 is 0 Å². The Bertz CT molecular complexity index is 453. The van der Waals surface area contributed by atoms with Gasteiger partial charge in [0.2, 0.25) is 0 Å². The highest BCUT2D eigenvalue weighted by Gasteiger charge is 2.04. The fourth-order valence-electron chi connectivity index (χ4n) is 1.47. The first-order valence-corrected chi connectivity index (χ1v) is 4.78. The minimum Gasteiger partial charge on any atom is -0.397 e. The molecule has 0 saturated carbocycles. The Morgan fingerprint density at radius 2 is 2.13 bits per heavy atom. The number of nitrogens with two attached hydrogens (primary N) is 1. The van der Waals surface area contributed by atoms with Gasteiger partial charge < -0.3 is 11.1 Å². The third kappa shape index (κ3) is 1.93. The number of aromatic nitrogens is 2. The van der Waals surface area contributed by atoms with Crippen LogP contribution in [0, 0.1) is 6.92 Å².